The standard InChI is InChI=1S/C13H16FNO3/c1-8-3-4-9(2)10(5-8)6-12(16)15-11(7-14)13(17)18/h3-5,11H,6-7H2,1-2H3,(H,15,16)(H,17,18). The summed E-state index contributed by atoms with van der Waals surface area (Å²) in [4.78, 5) is 22.2. The maximum absolute atomic E-state index is 12.4. The van der Waals surface area contributed by atoms with E-state index in [0.29, 0.717) is 0 Å². The molecule has 0 aliphatic rings. The Kier molecular flexibility index (Phi) is 4.83. The van der Waals surface area contributed by atoms with Crippen molar-refractivity contribution in [3.63, 3.8) is 0 Å². The summed E-state index contributed by atoms with van der Waals surface area (Å²) < 4.78 is 12.4. The number of hydrogen-bond donors (Lipinski definition) is 2. The number of carboxylic acids is 1. The number of aliphatic carboxylic acids is 1. The second-order valence-corrected chi connectivity index (χ2v) is 4.22. The number of benzene rings is 1. The van der Waals surface area contributed by atoms with Crippen LogP contribution in [0, 0.1) is 13.8 Å². The zero-order chi connectivity index (χ0) is 13.7. The maximum Gasteiger partial charge on any atom is 0.328 e. The number of halogens is 1. The van der Waals surface area contributed by atoms with E-state index in [9.17, 15) is 14.0 Å². The van der Waals surface area contributed by atoms with Gasteiger partial charge in [0.15, 0.2) is 6.04 Å². The molecule has 0 heterocycles. The summed E-state index contributed by atoms with van der Waals surface area (Å²) in [6.45, 7) is 2.65. The Morgan fingerprint density at radius 1 is 1.39 bits per heavy atom. The molecule has 0 aromatic heterocycles. The highest BCUT2D eigenvalue weighted by molar-refractivity contribution is 5.85. The lowest BCUT2D eigenvalue weighted by molar-refractivity contribution is -0.142. The molecule has 2 N–H and O–H groups in total. The number of rotatable bonds is 5. The second-order valence-electron chi connectivity index (χ2n) is 4.22. The first kappa shape index (κ1) is 14.2. The Labute approximate surface area is 105 Å². The van der Waals surface area contributed by atoms with Crippen LogP contribution >= 0.6 is 0 Å². The van der Waals surface area contributed by atoms with Crippen LogP contribution in [0.2, 0.25) is 0 Å². The maximum atomic E-state index is 12.4. The molecule has 0 spiro atoms. The van der Waals surface area contributed by atoms with Crippen molar-refractivity contribution >= 4 is 11.9 Å². The Bertz CT molecular complexity index is 460. The van der Waals surface area contributed by atoms with Gasteiger partial charge in [-0.3, -0.25) is 4.79 Å². The third-order valence-electron chi connectivity index (χ3n) is 2.64. The number of carbonyl (C=O) groups excluding carboxylic acids is 1. The minimum absolute atomic E-state index is 0.0529. The largest absolute Gasteiger partial charge is 0.480 e. The van der Waals surface area contributed by atoms with E-state index in [1.165, 1.54) is 0 Å². The first-order chi connectivity index (χ1) is 8.43. The van der Waals surface area contributed by atoms with Crippen LogP contribution < -0.4 is 5.32 Å². The Morgan fingerprint density at radius 3 is 2.61 bits per heavy atom. The zero-order valence-electron chi connectivity index (χ0n) is 10.4. The lowest BCUT2D eigenvalue weighted by Crippen LogP contribution is -2.43. The highest BCUT2D eigenvalue weighted by atomic mass is 19.1. The van der Waals surface area contributed by atoms with Gasteiger partial charge in [0, 0.05) is 0 Å². The van der Waals surface area contributed by atoms with Gasteiger partial charge in [-0.05, 0) is 25.0 Å². The van der Waals surface area contributed by atoms with Crippen LogP contribution in [0.25, 0.3) is 0 Å². The molecular weight excluding hydrogens is 237 g/mol. The molecule has 98 valence electrons. The SMILES string of the molecule is Cc1ccc(C)c(CC(=O)NC(CF)C(=O)O)c1. The normalized spacial score (nSPS) is 11.9. The average Bonchev–Trinajstić information content (AvgIpc) is 2.30. The molecule has 1 atom stereocenters. The minimum atomic E-state index is -1.47. The molecule has 5 heteroatoms. The Hall–Kier alpha value is -1.91. The Balaban J connectivity index is 2.70. The van der Waals surface area contributed by atoms with Crippen molar-refractivity contribution in [1.82, 2.24) is 5.32 Å². The molecule has 1 rings (SSSR count). The molecule has 1 aromatic rings. The van der Waals surface area contributed by atoms with E-state index in [0.717, 1.165) is 16.7 Å². The third kappa shape index (κ3) is 3.84. The van der Waals surface area contributed by atoms with Crippen LogP contribution in [-0.4, -0.2) is 29.7 Å². The number of nitrogens with one attached hydrogen (secondary N) is 1. The van der Waals surface area contributed by atoms with E-state index >= 15 is 0 Å². The van der Waals surface area contributed by atoms with Gasteiger partial charge in [-0.1, -0.05) is 23.8 Å². The molecule has 4 nitrogen and oxygen atoms in total. The predicted molar refractivity (Wildman–Crippen MR) is 65.2 cm³/mol. The fraction of sp³-hybridized carbons (Fsp3) is 0.385. The number of alkyl halides is 1. The van der Waals surface area contributed by atoms with Gasteiger partial charge < -0.3 is 10.4 Å². The fourth-order valence-corrected chi connectivity index (χ4v) is 1.58. The van der Waals surface area contributed by atoms with Gasteiger partial charge in [0.1, 0.15) is 6.67 Å². The predicted octanol–water partition coefficient (Wildman–Crippen LogP) is 1.38. The molecule has 0 aliphatic carbocycles. The lowest BCUT2D eigenvalue weighted by Gasteiger charge is -2.12. The van der Waals surface area contributed by atoms with Gasteiger partial charge in [0.2, 0.25) is 5.91 Å². The van der Waals surface area contributed by atoms with E-state index in [1.54, 1.807) is 0 Å². The van der Waals surface area contributed by atoms with Crippen LogP contribution in [0.1, 0.15) is 16.7 Å². The summed E-state index contributed by atoms with van der Waals surface area (Å²) in [5, 5.41) is 10.8. The van der Waals surface area contributed by atoms with E-state index < -0.39 is 24.6 Å². The summed E-state index contributed by atoms with van der Waals surface area (Å²) >= 11 is 0. The Morgan fingerprint density at radius 2 is 2.06 bits per heavy atom. The molecule has 1 aromatic carbocycles. The second kappa shape index (κ2) is 6.14. The number of aryl methyl sites for hydroxylation is 2. The van der Waals surface area contributed by atoms with E-state index in [4.69, 9.17) is 5.11 Å². The van der Waals surface area contributed by atoms with Crippen LogP contribution in [0.5, 0.6) is 0 Å². The van der Waals surface area contributed by atoms with Crippen molar-refractivity contribution in [2.45, 2.75) is 26.3 Å². The van der Waals surface area contributed by atoms with Gasteiger partial charge >= 0.3 is 5.97 Å². The average molecular weight is 253 g/mol. The van der Waals surface area contributed by atoms with Crippen LogP contribution in [0.3, 0.4) is 0 Å². The van der Waals surface area contributed by atoms with Crippen LogP contribution in [0.4, 0.5) is 4.39 Å². The van der Waals surface area contributed by atoms with Crippen molar-refractivity contribution in [3.8, 4) is 0 Å². The quantitative estimate of drug-likeness (QED) is 0.833. The molecule has 0 radical (unpaired) electrons. The minimum Gasteiger partial charge on any atom is -0.480 e. The summed E-state index contributed by atoms with van der Waals surface area (Å²) in [6, 6.07) is 4.21. The smallest absolute Gasteiger partial charge is 0.328 e. The topological polar surface area (TPSA) is 66.4 Å². The number of hydrogen-bond acceptors (Lipinski definition) is 2. The first-order valence-electron chi connectivity index (χ1n) is 5.58. The molecule has 0 fully saturated rings. The van der Waals surface area contributed by atoms with Gasteiger partial charge in [-0.25, -0.2) is 9.18 Å². The number of amides is 1. The van der Waals surface area contributed by atoms with Gasteiger partial charge in [0.25, 0.3) is 0 Å². The van der Waals surface area contributed by atoms with Gasteiger partial charge in [-0.2, -0.15) is 0 Å². The summed E-state index contributed by atoms with van der Waals surface area (Å²) in [5.41, 5.74) is 2.78. The number of carbonyl (C=O) groups is 2. The summed E-state index contributed by atoms with van der Waals surface area (Å²) in [5.74, 6) is -1.86. The van der Waals surface area contributed by atoms with Crippen molar-refractivity contribution in [2.24, 2.45) is 0 Å². The van der Waals surface area contributed by atoms with Gasteiger partial charge in [-0.15, -0.1) is 0 Å². The molecule has 1 amide bonds. The molecular formula is C13H16FNO3. The van der Waals surface area contributed by atoms with Crippen molar-refractivity contribution < 1.29 is 19.1 Å². The molecule has 0 bridgehead atoms. The molecule has 0 saturated heterocycles. The summed E-state index contributed by atoms with van der Waals surface area (Å²) in [6.07, 6.45) is 0.0529. The van der Waals surface area contributed by atoms with Crippen molar-refractivity contribution in [1.29, 1.82) is 0 Å². The molecule has 0 aliphatic heterocycles. The van der Waals surface area contributed by atoms with Crippen molar-refractivity contribution in [2.75, 3.05) is 6.67 Å². The number of carboxylic acid groups (broad SMARTS) is 1. The van der Waals surface area contributed by atoms with Crippen molar-refractivity contribution in [3.05, 3.63) is 34.9 Å². The van der Waals surface area contributed by atoms with Crippen LogP contribution in [0.15, 0.2) is 18.2 Å². The lowest BCUT2D eigenvalue weighted by atomic mass is 10.0. The highest BCUT2D eigenvalue weighted by Gasteiger charge is 2.19. The fourth-order valence-electron chi connectivity index (χ4n) is 1.58. The van der Waals surface area contributed by atoms with E-state index in [1.807, 2.05) is 32.0 Å². The van der Waals surface area contributed by atoms with Crippen LogP contribution in [-0.2, 0) is 16.0 Å². The van der Waals surface area contributed by atoms with Gasteiger partial charge in [0.05, 0.1) is 6.42 Å². The molecule has 0 saturated carbocycles. The first-order valence-corrected chi connectivity index (χ1v) is 5.58. The summed E-state index contributed by atoms with van der Waals surface area (Å²) in [7, 11) is 0. The highest BCUT2D eigenvalue weighted by Crippen LogP contribution is 2.11. The molecule has 1 unspecified atom stereocenters. The monoisotopic (exact) mass is 253 g/mol. The van der Waals surface area contributed by atoms with E-state index in [-0.39, 0.29) is 6.42 Å². The molecule has 18 heavy (non-hydrogen) atoms. The van der Waals surface area contributed by atoms with E-state index in [2.05, 4.69) is 5.32 Å². The third-order valence-corrected chi connectivity index (χ3v) is 2.64. The zero-order valence-corrected chi connectivity index (χ0v) is 10.4.